The first-order chi connectivity index (χ1) is 12.9. The SMILES string of the molecule is CC1(C)C[C@]2(C=C(N)C1=O)CCN(C(=O)c1ccccc1OCC(F)(F)F)C2. The number of ketones is 1. The molecule has 1 aliphatic heterocycles. The Morgan fingerprint density at radius 3 is 2.61 bits per heavy atom. The third-order valence-corrected chi connectivity index (χ3v) is 5.31. The zero-order chi connectivity index (χ0) is 20.7. The second-order valence-corrected chi connectivity index (χ2v) is 8.23. The highest BCUT2D eigenvalue weighted by atomic mass is 19.4. The summed E-state index contributed by atoms with van der Waals surface area (Å²) in [4.78, 5) is 26.8. The lowest BCUT2D eigenvalue weighted by Crippen LogP contribution is -2.42. The molecule has 0 aromatic heterocycles. The summed E-state index contributed by atoms with van der Waals surface area (Å²) >= 11 is 0. The van der Waals surface area contributed by atoms with Crippen molar-refractivity contribution >= 4 is 11.7 Å². The molecule has 2 aliphatic rings. The molecule has 3 rings (SSSR count). The van der Waals surface area contributed by atoms with Gasteiger partial charge in [-0.1, -0.05) is 26.0 Å². The van der Waals surface area contributed by atoms with Crippen LogP contribution in [0.2, 0.25) is 0 Å². The van der Waals surface area contributed by atoms with Crippen molar-refractivity contribution < 1.29 is 27.5 Å². The van der Waals surface area contributed by atoms with Crippen LogP contribution >= 0.6 is 0 Å². The Hall–Kier alpha value is -2.51. The summed E-state index contributed by atoms with van der Waals surface area (Å²) in [6.07, 6.45) is -1.53. The Labute approximate surface area is 161 Å². The van der Waals surface area contributed by atoms with Gasteiger partial charge in [0.15, 0.2) is 12.4 Å². The molecule has 1 atom stereocenters. The summed E-state index contributed by atoms with van der Waals surface area (Å²) in [7, 11) is 0. The van der Waals surface area contributed by atoms with Crippen molar-refractivity contribution in [3.05, 3.63) is 41.6 Å². The predicted octanol–water partition coefficient (Wildman–Crippen LogP) is 3.30. The number of nitrogens with zero attached hydrogens (tertiary/aromatic N) is 1. The summed E-state index contributed by atoms with van der Waals surface area (Å²) < 4.78 is 42.3. The van der Waals surface area contributed by atoms with E-state index in [0.29, 0.717) is 25.9 Å². The largest absolute Gasteiger partial charge is 0.483 e. The lowest BCUT2D eigenvalue weighted by atomic mass is 9.65. The monoisotopic (exact) mass is 396 g/mol. The van der Waals surface area contributed by atoms with Gasteiger partial charge in [-0.15, -0.1) is 0 Å². The molecule has 1 aliphatic carbocycles. The molecule has 1 heterocycles. The number of nitrogens with two attached hydrogens (primary N) is 1. The minimum Gasteiger partial charge on any atom is -0.483 e. The number of carbonyl (C=O) groups is 2. The van der Waals surface area contributed by atoms with Gasteiger partial charge in [0, 0.05) is 23.9 Å². The van der Waals surface area contributed by atoms with Crippen LogP contribution in [-0.2, 0) is 4.79 Å². The molecule has 0 unspecified atom stereocenters. The van der Waals surface area contributed by atoms with E-state index in [-0.39, 0.29) is 22.8 Å². The van der Waals surface area contributed by atoms with Gasteiger partial charge in [0.05, 0.1) is 11.3 Å². The number of Topliss-reactive ketones (excluding diaryl/α,β-unsaturated/α-hetero) is 1. The quantitative estimate of drug-likeness (QED) is 0.851. The number of allylic oxidation sites excluding steroid dienone is 1. The average molecular weight is 396 g/mol. The van der Waals surface area contributed by atoms with E-state index >= 15 is 0 Å². The fourth-order valence-electron chi connectivity index (χ4n) is 4.23. The van der Waals surface area contributed by atoms with Crippen LogP contribution in [0.15, 0.2) is 36.0 Å². The van der Waals surface area contributed by atoms with Crippen molar-refractivity contribution in [2.75, 3.05) is 19.7 Å². The first-order valence-electron chi connectivity index (χ1n) is 9.04. The van der Waals surface area contributed by atoms with Crippen LogP contribution in [0.5, 0.6) is 5.75 Å². The van der Waals surface area contributed by atoms with Gasteiger partial charge in [-0.25, -0.2) is 0 Å². The molecular weight excluding hydrogens is 373 g/mol. The lowest BCUT2D eigenvalue weighted by Gasteiger charge is -2.39. The number of amides is 1. The number of hydrogen-bond donors (Lipinski definition) is 1. The van der Waals surface area contributed by atoms with Crippen LogP contribution in [-0.4, -0.2) is 42.5 Å². The maximum absolute atomic E-state index is 13.0. The van der Waals surface area contributed by atoms with Crippen molar-refractivity contribution in [1.82, 2.24) is 4.90 Å². The predicted molar refractivity (Wildman–Crippen MR) is 96.6 cm³/mol. The highest BCUT2D eigenvalue weighted by Crippen LogP contribution is 2.47. The molecule has 5 nitrogen and oxygen atoms in total. The van der Waals surface area contributed by atoms with Gasteiger partial charge in [0.1, 0.15) is 5.75 Å². The number of likely N-dealkylation sites (tertiary alicyclic amines) is 1. The van der Waals surface area contributed by atoms with Crippen LogP contribution in [0.1, 0.15) is 37.0 Å². The van der Waals surface area contributed by atoms with Crippen LogP contribution in [0, 0.1) is 10.8 Å². The number of benzene rings is 1. The third-order valence-electron chi connectivity index (χ3n) is 5.31. The smallest absolute Gasteiger partial charge is 0.422 e. The van der Waals surface area contributed by atoms with E-state index in [1.165, 1.54) is 18.2 Å². The van der Waals surface area contributed by atoms with E-state index in [0.717, 1.165) is 0 Å². The summed E-state index contributed by atoms with van der Waals surface area (Å²) in [5.74, 6) is -0.592. The first-order valence-corrected chi connectivity index (χ1v) is 9.04. The molecule has 1 aromatic carbocycles. The van der Waals surface area contributed by atoms with E-state index in [2.05, 4.69) is 0 Å². The zero-order valence-electron chi connectivity index (χ0n) is 15.8. The maximum Gasteiger partial charge on any atom is 0.422 e. The molecule has 1 amide bonds. The molecule has 28 heavy (non-hydrogen) atoms. The van der Waals surface area contributed by atoms with Crippen molar-refractivity contribution in [3.63, 3.8) is 0 Å². The molecule has 0 radical (unpaired) electrons. The summed E-state index contributed by atoms with van der Waals surface area (Å²) in [5.41, 5.74) is 5.20. The molecule has 1 spiro atoms. The fraction of sp³-hybridized carbons (Fsp3) is 0.500. The van der Waals surface area contributed by atoms with E-state index in [1.807, 2.05) is 13.8 Å². The number of hydrogen-bond acceptors (Lipinski definition) is 4. The van der Waals surface area contributed by atoms with Crippen LogP contribution < -0.4 is 10.5 Å². The van der Waals surface area contributed by atoms with Crippen LogP contribution in [0.25, 0.3) is 0 Å². The molecule has 152 valence electrons. The molecular formula is C20H23F3N2O3. The van der Waals surface area contributed by atoms with E-state index in [9.17, 15) is 22.8 Å². The molecule has 1 aromatic rings. The fourth-order valence-corrected chi connectivity index (χ4v) is 4.23. The average Bonchev–Trinajstić information content (AvgIpc) is 2.99. The second-order valence-electron chi connectivity index (χ2n) is 8.23. The summed E-state index contributed by atoms with van der Waals surface area (Å²) in [5, 5.41) is 0. The number of halogens is 3. The van der Waals surface area contributed by atoms with Crippen molar-refractivity contribution in [2.24, 2.45) is 16.6 Å². The molecule has 8 heteroatoms. The highest BCUT2D eigenvalue weighted by molar-refractivity contribution is 6.00. The van der Waals surface area contributed by atoms with Gasteiger partial charge in [0.2, 0.25) is 0 Å². The maximum atomic E-state index is 13.0. The Bertz CT molecular complexity index is 832. The second kappa shape index (κ2) is 6.83. The van der Waals surface area contributed by atoms with E-state index in [4.69, 9.17) is 10.5 Å². The summed E-state index contributed by atoms with van der Waals surface area (Å²) in [6, 6.07) is 5.91. The van der Waals surface area contributed by atoms with Gasteiger partial charge in [-0.2, -0.15) is 13.2 Å². The Morgan fingerprint density at radius 2 is 1.96 bits per heavy atom. The minimum absolute atomic E-state index is 0.0897. The van der Waals surface area contributed by atoms with Gasteiger partial charge in [-0.05, 0) is 31.1 Å². The Kier molecular flexibility index (Phi) is 4.93. The van der Waals surface area contributed by atoms with Crippen LogP contribution in [0.4, 0.5) is 13.2 Å². The van der Waals surface area contributed by atoms with Crippen molar-refractivity contribution in [1.29, 1.82) is 0 Å². The lowest BCUT2D eigenvalue weighted by molar-refractivity contribution is -0.153. The molecule has 2 N–H and O–H groups in total. The van der Waals surface area contributed by atoms with Gasteiger partial charge in [-0.3, -0.25) is 9.59 Å². The van der Waals surface area contributed by atoms with Crippen molar-refractivity contribution in [2.45, 2.75) is 32.9 Å². The van der Waals surface area contributed by atoms with Gasteiger partial charge < -0.3 is 15.4 Å². The Morgan fingerprint density at radius 1 is 1.29 bits per heavy atom. The molecule has 1 saturated heterocycles. The Balaban J connectivity index is 1.80. The van der Waals surface area contributed by atoms with Gasteiger partial charge >= 0.3 is 6.18 Å². The van der Waals surface area contributed by atoms with Crippen LogP contribution in [0.3, 0.4) is 0 Å². The number of para-hydroxylation sites is 1. The normalized spacial score (nSPS) is 24.4. The van der Waals surface area contributed by atoms with E-state index in [1.54, 1.807) is 17.0 Å². The number of alkyl halides is 3. The highest BCUT2D eigenvalue weighted by Gasteiger charge is 2.48. The zero-order valence-corrected chi connectivity index (χ0v) is 15.8. The number of carbonyl (C=O) groups excluding carboxylic acids is 2. The summed E-state index contributed by atoms with van der Waals surface area (Å²) in [6.45, 7) is 3.00. The molecule has 0 saturated carbocycles. The first kappa shape index (κ1) is 20.2. The van der Waals surface area contributed by atoms with Crippen molar-refractivity contribution in [3.8, 4) is 5.75 Å². The number of rotatable bonds is 3. The number of ether oxygens (including phenoxy) is 1. The topological polar surface area (TPSA) is 72.6 Å². The molecule has 1 fully saturated rings. The van der Waals surface area contributed by atoms with E-state index < -0.39 is 29.5 Å². The minimum atomic E-state index is -4.49. The molecule has 0 bridgehead atoms. The standard InChI is InChI=1S/C20H23F3N2O3/c1-18(2)10-19(9-14(24)16(18)26)7-8-25(11-19)17(27)13-5-3-4-6-15(13)28-12-20(21,22)23/h3-6,9H,7-8,10-12,24H2,1-2H3/t19-/m1/s1. The van der Waals surface area contributed by atoms with Gasteiger partial charge in [0.25, 0.3) is 5.91 Å². The third kappa shape index (κ3) is 4.00.